The molecule has 3 aromatic rings. The van der Waals surface area contributed by atoms with Crippen LogP contribution in [0.25, 0.3) is 16.8 Å². The molecule has 0 spiro atoms. The molecule has 1 atom stereocenters. The highest BCUT2D eigenvalue weighted by Crippen LogP contribution is 2.28. The number of ether oxygens (including phenoxy) is 3. The summed E-state index contributed by atoms with van der Waals surface area (Å²) in [5.41, 5.74) is 3.64. The normalized spacial score (nSPS) is 11.9. The Hall–Kier alpha value is -3.30. The Kier molecular flexibility index (Phi) is 7.10. The molecule has 0 aliphatic heterocycles. The summed E-state index contributed by atoms with van der Waals surface area (Å²) in [6.45, 7) is 4.48. The molecule has 1 aromatic heterocycles. The van der Waals surface area contributed by atoms with Crippen LogP contribution in [-0.4, -0.2) is 53.2 Å². The van der Waals surface area contributed by atoms with Gasteiger partial charge < -0.3 is 19.5 Å². The van der Waals surface area contributed by atoms with Crippen LogP contribution < -0.4 is 10.1 Å². The van der Waals surface area contributed by atoms with Crippen molar-refractivity contribution in [1.29, 1.82) is 0 Å². The molecule has 158 valence electrons. The second-order valence-electron chi connectivity index (χ2n) is 6.91. The Labute approximate surface area is 175 Å². The van der Waals surface area contributed by atoms with Crippen LogP contribution in [0, 0.1) is 6.92 Å². The maximum atomic E-state index is 12.3. The molecule has 0 saturated carbocycles. The highest BCUT2D eigenvalue weighted by Gasteiger charge is 2.15. The van der Waals surface area contributed by atoms with Crippen LogP contribution in [0.15, 0.2) is 42.5 Å². The second-order valence-corrected chi connectivity index (χ2v) is 6.91. The van der Waals surface area contributed by atoms with Gasteiger partial charge in [0.2, 0.25) is 0 Å². The Bertz CT molecular complexity index is 987. The minimum atomic E-state index is -0.569. The molecule has 30 heavy (non-hydrogen) atoms. The molecule has 0 radical (unpaired) electrons. The van der Waals surface area contributed by atoms with Gasteiger partial charge in [-0.2, -0.15) is 4.68 Å². The van der Waals surface area contributed by atoms with Gasteiger partial charge in [0.25, 0.3) is 0 Å². The highest BCUT2D eigenvalue weighted by atomic mass is 16.6. The van der Waals surface area contributed by atoms with Crippen LogP contribution in [0.2, 0.25) is 0 Å². The van der Waals surface area contributed by atoms with Gasteiger partial charge >= 0.3 is 6.09 Å². The van der Waals surface area contributed by atoms with Gasteiger partial charge in [0.05, 0.1) is 18.3 Å². The van der Waals surface area contributed by atoms with Crippen molar-refractivity contribution in [2.45, 2.75) is 26.5 Å². The lowest BCUT2D eigenvalue weighted by molar-refractivity contribution is 0.159. The first-order chi connectivity index (χ1) is 14.5. The van der Waals surface area contributed by atoms with Crippen molar-refractivity contribution in [2.75, 3.05) is 20.8 Å². The number of hydrogen-bond donors (Lipinski definition) is 1. The molecule has 0 bridgehead atoms. The van der Waals surface area contributed by atoms with E-state index < -0.39 is 6.09 Å². The average Bonchev–Trinajstić information content (AvgIpc) is 3.17. The van der Waals surface area contributed by atoms with Crippen LogP contribution in [0.3, 0.4) is 0 Å². The third-order valence-electron chi connectivity index (χ3n) is 4.32. The quantitative estimate of drug-likeness (QED) is 0.608. The van der Waals surface area contributed by atoms with Crippen molar-refractivity contribution < 1.29 is 19.0 Å². The van der Waals surface area contributed by atoms with Crippen LogP contribution in [0.5, 0.6) is 5.75 Å². The van der Waals surface area contributed by atoms with Gasteiger partial charge in [-0.1, -0.05) is 29.8 Å². The first-order valence-electron chi connectivity index (χ1n) is 9.46. The van der Waals surface area contributed by atoms with E-state index in [4.69, 9.17) is 14.2 Å². The van der Waals surface area contributed by atoms with Crippen LogP contribution in [-0.2, 0) is 16.1 Å². The molecule has 0 aliphatic rings. The maximum Gasteiger partial charge on any atom is 0.412 e. The molecule has 1 heterocycles. The van der Waals surface area contributed by atoms with Gasteiger partial charge in [-0.3, -0.25) is 0 Å². The predicted molar refractivity (Wildman–Crippen MR) is 111 cm³/mol. The van der Waals surface area contributed by atoms with Crippen molar-refractivity contribution in [3.63, 3.8) is 0 Å². The summed E-state index contributed by atoms with van der Waals surface area (Å²) in [4.78, 5) is 12.3. The van der Waals surface area contributed by atoms with E-state index in [1.54, 1.807) is 31.0 Å². The van der Waals surface area contributed by atoms with E-state index >= 15 is 0 Å². The molecule has 2 aromatic carbocycles. The third kappa shape index (κ3) is 5.40. The van der Waals surface area contributed by atoms with Crippen molar-refractivity contribution in [1.82, 2.24) is 25.5 Å². The van der Waals surface area contributed by atoms with Gasteiger partial charge in [0.1, 0.15) is 12.4 Å². The summed E-state index contributed by atoms with van der Waals surface area (Å²) in [6, 6.07) is 13.3. The molecule has 3 rings (SSSR count). The predicted octanol–water partition coefficient (Wildman–Crippen LogP) is 2.91. The zero-order valence-corrected chi connectivity index (χ0v) is 17.5. The lowest BCUT2D eigenvalue weighted by Crippen LogP contribution is -2.37. The van der Waals surface area contributed by atoms with Gasteiger partial charge in [-0.15, -0.1) is 5.10 Å². The molecular formula is C21H25N5O4. The zero-order valence-electron chi connectivity index (χ0n) is 17.5. The molecule has 0 fully saturated rings. The average molecular weight is 411 g/mol. The smallest absolute Gasteiger partial charge is 0.410 e. The van der Waals surface area contributed by atoms with Crippen molar-refractivity contribution in [3.8, 4) is 22.6 Å². The Morgan fingerprint density at radius 1 is 1.10 bits per heavy atom. The van der Waals surface area contributed by atoms with E-state index in [0.717, 1.165) is 16.7 Å². The van der Waals surface area contributed by atoms with E-state index in [1.807, 2.05) is 44.2 Å². The summed E-state index contributed by atoms with van der Waals surface area (Å²) in [5, 5.41) is 14.5. The maximum absolute atomic E-state index is 12.3. The van der Waals surface area contributed by atoms with Crippen molar-refractivity contribution in [3.05, 3.63) is 53.9 Å². The van der Waals surface area contributed by atoms with E-state index in [2.05, 4.69) is 20.8 Å². The summed E-state index contributed by atoms with van der Waals surface area (Å²) in [6.07, 6.45) is -0.569. The first kappa shape index (κ1) is 21.4. The van der Waals surface area contributed by atoms with Crippen LogP contribution in [0.4, 0.5) is 4.79 Å². The second kappa shape index (κ2) is 9.95. The molecule has 1 N–H and O–H groups in total. The number of methoxy groups -OCH3 is 2. The van der Waals surface area contributed by atoms with Gasteiger partial charge in [-0.25, -0.2) is 4.79 Å². The summed E-state index contributed by atoms with van der Waals surface area (Å²) < 4.78 is 17.3. The molecular weight excluding hydrogens is 386 g/mol. The Morgan fingerprint density at radius 2 is 1.87 bits per heavy atom. The number of carbonyl (C=O) groups excluding carboxylic acids is 1. The fraction of sp³-hybridized carbons (Fsp3) is 0.333. The third-order valence-corrected chi connectivity index (χ3v) is 4.32. The lowest BCUT2D eigenvalue weighted by atomic mass is 10.0. The zero-order chi connectivity index (χ0) is 21.5. The van der Waals surface area contributed by atoms with Crippen molar-refractivity contribution >= 4 is 6.09 Å². The van der Waals surface area contributed by atoms with E-state index in [-0.39, 0.29) is 12.6 Å². The number of aromatic nitrogens is 4. The standard InChI is InChI=1S/C21H25N5O4/c1-14-5-7-16(8-6-14)17-9-18(26-20(13-29-4)23-24-25-26)11-19(10-17)30-21(27)22-15(2)12-28-3/h5-11,15H,12-13H2,1-4H3,(H,22,27). The van der Waals surface area contributed by atoms with Crippen LogP contribution >= 0.6 is 0 Å². The number of aryl methyl sites for hydroxylation is 1. The number of amides is 1. The fourth-order valence-electron chi connectivity index (χ4n) is 2.93. The fourth-order valence-corrected chi connectivity index (χ4v) is 2.93. The first-order valence-corrected chi connectivity index (χ1v) is 9.46. The number of benzene rings is 2. The van der Waals surface area contributed by atoms with Crippen LogP contribution in [0.1, 0.15) is 18.3 Å². The molecule has 1 unspecified atom stereocenters. The molecule has 9 nitrogen and oxygen atoms in total. The number of rotatable bonds is 8. The van der Waals surface area contributed by atoms with Gasteiger partial charge in [-0.05, 0) is 47.5 Å². The summed E-state index contributed by atoms with van der Waals surface area (Å²) in [5.74, 6) is 0.895. The molecule has 0 aliphatic carbocycles. The van der Waals surface area contributed by atoms with E-state index in [1.165, 1.54) is 0 Å². The Balaban J connectivity index is 1.97. The largest absolute Gasteiger partial charge is 0.412 e. The molecule has 0 saturated heterocycles. The van der Waals surface area contributed by atoms with E-state index in [0.29, 0.717) is 23.9 Å². The topological polar surface area (TPSA) is 100 Å². The van der Waals surface area contributed by atoms with E-state index in [9.17, 15) is 4.79 Å². The Morgan fingerprint density at radius 3 is 2.57 bits per heavy atom. The van der Waals surface area contributed by atoms with Crippen molar-refractivity contribution in [2.24, 2.45) is 0 Å². The van der Waals surface area contributed by atoms with Gasteiger partial charge in [0, 0.05) is 20.3 Å². The number of tetrazole rings is 1. The summed E-state index contributed by atoms with van der Waals surface area (Å²) >= 11 is 0. The molecule has 1 amide bonds. The summed E-state index contributed by atoms with van der Waals surface area (Å²) in [7, 11) is 3.15. The minimum absolute atomic E-state index is 0.185. The monoisotopic (exact) mass is 411 g/mol. The number of hydrogen-bond acceptors (Lipinski definition) is 7. The lowest BCUT2D eigenvalue weighted by Gasteiger charge is -2.14. The number of nitrogens with one attached hydrogen (secondary N) is 1. The number of carbonyl (C=O) groups is 1. The van der Waals surface area contributed by atoms with Gasteiger partial charge in [0.15, 0.2) is 5.82 Å². The highest BCUT2D eigenvalue weighted by molar-refractivity contribution is 5.74. The SMILES string of the molecule is COCc1nnnn1-c1cc(OC(=O)NC(C)COC)cc(-c2ccc(C)cc2)c1. The molecule has 9 heteroatoms. The number of nitrogens with zero attached hydrogens (tertiary/aromatic N) is 4. The minimum Gasteiger partial charge on any atom is -0.410 e.